The molecule has 2 aliphatic carbocycles. The molecule has 2 heteroatoms. The van der Waals surface area contributed by atoms with Gasteiger partial charge in [0.1, 0.15) is 0 Å². The number of aliphatic hydroxyl groups is 1. The molecule has 2 nitrogen and oxygen atoms in total. The van der Waals surface area contributed by atoms with E-state index in [2.05, 4.69) is 12.2 Å². The van der Waals surface area contributed by atoms with Crippen molar-refractivity contribution in [3.05, 3.63) is 0 Å². The molecule has 82 valence electrons. The number of rotatable bonds is 3. The minimum atomic E-state index is -0.0212. The lowest BCUT2D eigenvalue weighted by Gasteiger charge is -2.36. The Hall–Kier alpha value is -0.0800. The van der Waals surface area contributed by atoms with Crippen molar-refractivity contribution in [1.29, 1.82) is 0 Å². The van der Waals surface area contributed by atoms with Crippen LogP contribution in [0.2, 0.25) is 0 Å². The summed E-state index contributed by atoms with van der Waals surface area (Å²) in [5, 5.41) is 13.1. The molecule has 0 saturated heterocycles. The van der Waals surface area contributed by atoms with Crippen molar-refractivity contribution < 1.29 is 5.11 Å². The highest BCUT2D eigenvalue weighted by Crippen LogP contribution is 2.30. The van der Waals surface area contributed by atoms with E-state index in [9.17, 15) is 5.11 Å². The first-order chi connectivity index (χ1) is 6.75. The highest BCUT2D eigenvalue weighted by molar-refractivity contribution is 4.84. The SMILES string of the molecule is CC(NC1CCC(O)CC1)C1CCC1. The predicted octanol–water partition coefficient (Wildman–Crippen LogP) is 2.07. The second-order valence-corrected chi connectivity index (χ2v) is 5.15. The third kappa shape index (κ3) is 2.48. The van der Waals surface area contributed by atoms with Crippen molar-refractivity contribution in [2.75, 3.05) is 0 Å². The smallest absolute Gasteiger partial charge is 0.0541 e. The molecule has 0 bridgehead atoms. The fourth-order valence-corrected chi connectivity index (χ4v) is 2.69. The van der Waals surface area contributed by atoms with E-state index < -0.39 is 0 Å². The normalized spacial score (nSPS) is 36.4. The van der Waals surface area contributed by atoms with Gasteiger partial charge in [0.05, 0.1) is 6.10 Å². The van der Waals surface area contributed by atoms with Crippen LogP contribution in [0.25, 0.3) is 0 Å². The molecule has 2 aliphatic rings. The van der Waals surface area contributed by atoms with Gasteiger partial charge in [-0.3, -0.25) is 0 Å². The monoisotopic (exact) mass is 197 g/mol. The molecule has 0 radical (unpaired) electrons. The molecular weight excluding hydrogens is 174 g/mol. The molecule has 2 saturated carbocycles. The average Bonchev–Trinajstić information content (AvgIpc) is 2.06. The average molecular weight is 197 g/mol. The van der Waals surface area contributed by atoms with Crippen molar-refractivity contribution in [2.24, 2.45) is 5.92 Å². The molecule has 0 aromatic carbocycles. The van der Waals surface area contributed by atoms with Gasteiger partial charge >= 0.3 is 0 Å². The first-order valence-electron chi connectivity index (χ1n) is 6.20. The maximum absolute atomic E-state index is 9.40. The highest BCUT2D eigenvalue weighted by Gasteiger charge is 2.27. The Morgan fingerprint density at radius 1 is 1.07 bits per heavy atom. The molecule has 0 aromatic heterocycles. The minimum Gasteiger partial charge on any atom is -0.393 e. The number of hydrogen-bond acceptors (Lipinski definition) is 2. The highest BCUT2D eigenvalue weighted by atomic mass is 16.3. The molecule has 1 unspecified atom stereocenters. The zero-order valence-corrected chi connectivity index (χ0v) is 9.21. The summed E-state index contributed by atoms with van der Waals surface area (Å²) in [5.41, 5.74) is 0. The second-order valence-electron chi connectivity index (χ2n) is 5.15. The van der Waals surface area contributed by atoms with Gasteiger partial charge in [-0.15, -0.1) is 0 Å². The van der Waals surface area contributed by atoms with E-state index in [1.807, 2.05) is 0 Å². The van der Waals surface area contributed by atoms with Crippen LogP contribution in [0.4, 0.5) is 0 Å². The molecular formula is C12H23NO. The third-order valence-corrected chi connectivity index (χ3v) is 4.05. The fourth-order valence-electron chi connectivity index (χ4n) is 2.69. The van der Waals surface area contributed by atoms with Crippen LogP contribution in [-0.4, -0.2) is 23.3 Å². The van der Waals surface area contributed by atoms with Crippen LogP contribution in [0, 0.1) is 5.92 Å². The van der Waals surface area contributed by atoms with E-state index in [0.29, 0.717) is 12.1 Å². The lowest BCUT2D eigenvalue weighted by Crippen LogP contribution is -2.45. The number of aliphatic hydroxyl groups excluding tert-OH is 1. The summed E-state index contributed by atoms with van der Waals surface area (Å²) in [6.07, 6.45) is 8.57. The molecule has 0 heterocycles. The Morgan fingerprint density at radius 2 is 1.71 bits per heavy atom. The van der Waals surface area contributed by atoms with Crippen LogP contribution in [0.3, 0.4) is 0 Å². The molecule has 0 amide bonds. The van der Waals surface area contributed by atoms with Gasteiger partial charge in [-0.2, -0.15) is 0 Å². The Morgan fingerprint density at radius 3 is 2.21 bits per heavy atom. The lowest BCUT2D eigenvalue weighted by molar-refractivity contribution is 0.108. The summed E-state index contributed by atoms with van der Waals surface area (Å²) in [6.45, 7) is 2.33. The first-order valence-corrected chi connectivity index (χ1v) is 6.20. The van der Waals surface area contributed by atoms with E-state index in [1.165, 1.54) is 19.3 Å². The molecule has 2 rings (SSSR count). The maximum Gasteiger partial charge on any atom is 0.0541 e. The maximum atomic E-state index is 9.40. The fraction of sp³-hybridized carbons (Fsp3) is 1.00. The second kappa shape index (κ2) is 4.63. The van der Waals surface area contributed by atoms with E-state index >= 15 is 0 Å². The molecule has 0 aromatic rings. The van der Waals surface area contributed by atoms with Gasteiger partial charge in [0, 0.05) is 12.1 Å². The number of hydrogen-bond donors (Lipinski definition) is 2. The van der Waals surface area contributed by atoms with Gasteiger partial charge < -0.3 is 10.4 Å². The van der Waals surface area contributed by atoms with Crippen LogP contribution in [0.15, 0.2) is 0 Å². The Bertz CT molecular complexity index is 171. The zero-order chi connectivity index (χ0) is 9.97. The van der Waals surface area contributed by atoms with E-state index in [-0.39, 0.29) is 6.10 Å². The summed E-state index contributed by atoms with van der Waals surface area (Å²) in [6, 6.07) is 1.37. The summed E-state index contributed by atoms with van der Waals surface area (Å²) in [4.78, 5) is 0. The minimum absolute atomic E-state index is 0.0212. The first kappa shape index (κ1) is 10.4. The summed E-state index contributed by atoms with van der Waals surface area (Å²) < 4.78 is 0. The Balaban J connectivity index is 1.68. The predicted molar refractivity (Wildman–Crippen MR) is 58.2 cm³/mol. The van der Waals surface area contributed by atoms with Crippen LogP contribution in [0.5, 0.6) is 0 Å². The molecule has 2 N–H and O–H groups in total. The lowest BCUT2D eigenvalue weighted by atomic mass is 9.79. The largest absolute Gasteiger partial charge is 0.393 e. The van der Waals surface area contributed by atoms with Gasteiger partial charge in [0.25, 0.3) is 0 Å². The van der Waals surface area contributed by atoms with Crippen molar-refractivity contribution in [3.63, 3.8) is 0 Å². The van der Waals surface area contributed by atoms with Crippen LogP contribution < -0.4 is 5.32 Å². The van der Waals surface area contributed by atoms with Gasteiger partial charge in [0.2, 0.25) is 0 Å². The molecule has 0 aliphatic heterocycles. The van der Waals surface area contributed by atoms with E-state index in [0.717, 1.165) is 31.6 Å². The van der Waals surface area contributed by atoms with Crippen LogP contribution >= 0.6 is 0 Å². The Labute approximate surface area is 87.1 Å². The van der Waals surface area contributed by atoms with E-state index in [1.54, 1.807) is 0 Å². The van der Waals surface area contributed by atoms with E-state index in [4.69, 9.17) is 0 Å². The number of nitrogens with one attached hydrogen (secondary N) is 1. The van der Waals surface area contributed by atoms with Crippen molar-refractivity contribution in [1.82, 2.24) is 5.32 Å². The van der Waals surface area contributed by atoms with Crippen molar-refractivity contribution in [3.8, 4) is 0 Å². The summed E-state index contributed by atoms with van der Waals surface area (Å²) >= 11 is 0. The quantitative estimate of drug-likeness (QED) is 0.726. The molecule has 0 spiro atoms. The summed E-state index contributed by atoms with van der Waals surface area (Å²) in [7, 11) is 0. The van der Waals surface area contributed by atoms with Gasteiger partial charge in [-0.25, -0.2) is 0 Å². The molecule has 14 heavy (non-hydrogen) atoms. The van der Waals surface area contributed by atoms with Crippen LogP contribution in [-0.2, 0) is 0 Å². The van der Waals surface area contributed by atoms with Crippen LogP contribution in [0.1, 0.15) is 51.9 Å². The van der Waals surface area contributed by atoms with Crippen molar-refractivity contribution in [2.45, 2.75) is 70.1 Å². The zero-order valence-electron chi connectivity index (χ0n) is 9.21. The standard InChI is InChI=1S/C12H23NO/c1-9(10-3-2-4-10)13-11-5-7-12(14)8-6-11/h9-14H,2-8H2,1H3. The van der Waals surface area contributed by atoms with Crippen molar-refractivity contribution >= 4 is 0 Å². The van der Waals surface area contributed by atoms with Gasteiger partial charge in [-0.1, -0.05) is 6.42 Å². The van der Waals surface area contributed by atoms with Gasteiger partial charge in [0.15, 0.2) is 0 Å². The molecule has 2 fully saturated rings. The molecule has 1 atom stereocenters. The topological polar surface area (TPSA) is 32.3 Å². The van der Waals surface area contributed by atoms with Gasteiger partial charge in [-0.05, 0) is 51.4 Å². The Kier molecular flexibility index (Phi) is 3.45. The summed E-state index contributed by atoms with van der Waals surface area (Å²) in [5.74, 6) is 0.932. The third-order valence-electron chi connectivity index (χ3n) is 4.05.